The van der Waals surface area contributed by atoms with E-state index >= 15 is 0 Å². The highest BCUT2D eigenvalue weighted by Gasteiger charge is 2.06. The number of alkyl halides is 1. The summed E-state index contributed by atoms with van der Waals surface area (Å²) < 4.78 is 0. The Kier molecular flexibility index (Phi) is 3.32. The largest absolute Gasteiger partial charge is 0.159 e. The van der Waals surface area contributed by atoms with Gasteiger partial charge in [-0.1, -0.05) is 29.8 Å². The summed E-state index contributed by atoms with van der Waals surface area (Å²) in [7, 11) is 0. The molecule has 0 unspecified atom stereocenters. The van der Waals surface area contributed by atoms with E-state index in [1.807, 2.05) is 0 Å². The van der Waals surface area contributed by atoms with Crippen LogP contribution in [-0.4, -0.2) is 16.1 Å². The molecule has 0 saturated heterocycles. The predicted octanol–water partition coefficient (Wildman–Crippen LogP) is 3.04. The second kappa shape index (κ2) is 4.08. The van der Waals surface area contributed by atoms with Gasteiger partial charge in [-0.05, 0) is 11.6 Å². The van der Waals surface area contributed by atoms with E-state index in [0.717, 1.165) is 0 Å². The summed E-state index contributed by atoms with van der Waals surface area (Å²) in [6.07, 6.45) is 0. The first-order valence-electron chi connectivity index (χ1n) is 3.08. The zero-order valence-corrected chi connectivity index (χ0v) is 8.29. The lowest BCUT2D eigenvalue weighted by atomic mass is 10.2. The number of allylic oxidation sites excluding steroid dienone is 1. The number of aromatic nitrogens is 2. The van der Waals surface area contributed by atoms with E-state index in [1.165, 1.54) is 0 Å². The van der Waals surface area contributed by atoms with E-state index in [-0.39, 0.29) is 10.3 Å². The molecule has 64 valence electrons. The van der Waals surface area contributed by atoms with Crippen molar-refractivity contribution in [1.82, 2.24) is 10.2 Å². The van der Waals surface area contributed by atoms with Crippen LogP contribution in [0.15, 0.2) is 12.6 Å². The summed E-state index contributed by atoms with van der Waals surface area (Å²) in [5.74, 6) is 0.293. The lowest BCUT2D eigenvalue weighted by molar-refractivity contribution is 1.03. The van der Waals surface area contributed by atoms with Crippen LogP contribution in [0.3, 0.4) is 0 Å². The molecule has 0 aliphatic carbocycles. The molecule has 5 heteroatoms. The van der Waals surface area contributed by atoms with Crippen molar-refractivity contribution in [3.63, 3.8) is 0 Å². The molecule has 0 N–H and O–H groups in total. The monoisotopic (exact) mass is 222 g/mol. The van der Waals surface area contributed by atoms with Crippen LogP contribution in [0.1, 0.15) is 5.56 Å². The van der Waals surface area contributed by atoms with Crippen LogP contribution < -0.4 is 0 Å². The standard InChI is InChI=1S/C7H5Cl3N2/c1-4(3-8)5-2-6(9)11-12-7(5)10/h2H,1,3H2. The molecule has 1 aromatic heterocycles. The Morgan fingerprint density at radius 3 is 2.67 bits per heavy atom. The first-order valence-corrected chi connectivity index (χ1v) is 4.37. The highest BCUT2D eigenvalue weighted by atomic mass is 35.5. The third kappa shape index (κ3) is 2.09. The van der Waals surface area contributed by atoms with Crippen LogP contribution in [0.5, 0.6) is 0 Å². The second-order valence-electron chi connectivity index (χ2n) is 2.11. The molecule has 1 rings (SSSR count). The van der Waals surface area contributed by atoms with E-state index in [2.05, 4.69) is 16.8 Å². The zero-order valence-electron chi connectivity index (χ0n) is 6.02. The van der Waals surface area contributed by atoms with E-state index in [4.69, 9.17) is 34.8 Å². The fourth-order valence-electron chi connectivity index (χ4n) is 0.673. The Labute approximate surface area is 85.2 Å². The third-order valence-corrected chi connectivity index (χ3v) is 2.05. The van der Waals surface area contributed by atoms with Crippen LogP contribution in [0.25, 0.3) is 5.57 Å². The second-order valence-corrected chi connectivity index (χ2v) is 3.12. The minimum Gasteiger partial charge on any atom is -0.137 e. The molecule has 12 heavy (non-hydrogen) atoms. The molecule has 2 nitrogen and oxygen atoms in total. The van der Waals surface area contributed by atoms with Gasteiger partial charge in [-0.15, -0.1) is 21.8 Å². The molecule has 0 spiro atoms. The first kappa shape index (κ1) is 9.78. The smallest absolute Gasteiger partial charge is 0.137 e. The molecule has 0 radical (unpaired) electrons. The van der Waals surface area contributed by atoms with Gasteiger partial charge < -0.3 is 0 Å². The maximum Gasteiger partial charge on any atom is 0.159 e. The molecule has 0 amide bonds. The minimum absolute atomic E-state index is 0.269. The maximum atomic E-state index is 5.72. The Hall–Kier alpha value is -0.310. The SMILES string of the molecule is C=C(CCl)c1cc(Cl)nnc1Cl. The average molecular weight is 223 g/mol. The lowest BCUT2D eigenvalue weighted by Crippen LogP contribution is -1.91. The summed E-state index contributed by atoms with van der Waals surface area (Å²) in [5.41, 5.74) is 1.32. The molecule has 0 aliphatic rings. The van der Waals surface area contributed by atoms with Crippen LogP contribution in [0.4, 0.5) is 0 Å². The van der Waals surface area contributed by atoms with Gasteiger partial charge in [-0.3, -0.25) is 0 Å². The zero-order chi connectivity index (χ0) is 9.14. The minimum atomic E-state index is 0.269. The van der Waals surface area contributed by atoms with E-state index in [0.29, 0.717) is 17.0 Å². The van der Waals surface area contributed by atoms with E-state index in [1.54, 1.807) is 6.07 Å². The van der Waals surface area contributed by atoms with E-state index < -0.39 is 0 Å². The van der Waals surface area contributed by atoms with Gasteiger partial charge in [0, 0.05) is 11.4 Å². The van der Waals surface area contributed by atoms with E-state index in [9.17, 15) is 0 Å². The molecular weight excluding hydrogens is 218 g/mol. The van der Waals surface area contributed by atoms with Gasteiger partial charge in [0.25, 0.3) is 0 Å². The summed E-state index contributed by atoms with van der Waals surface area (Å²) in [5, 5.41) is 7.71. The average Bonchev–Trinajstić information content (AvgIpc) is 2.08. The molecular formula is C7H5Cl3N2. The molecule has 0 fully saturated rings. The van der Waals surface area contributed by atoms with Gasteiger partial charge >= 0.3 is 0 Å². The van der Waals surface area contributed by atoms with Gasteiger partial charge in [0.1, 0.15) is 0 Å². The lowest BCUT2D eigenvalue weighted by Gasteiger charge is -2.02. The van der Waals surface area contributed by atoms with Crippen molar-refractivity contribution >= 4 is 40.4 Å². The molecule has 1 aromatic rings. The maximum absolute atomic E-state index is 5.72. The van der Waals surface area contributed by atoms with Gasteiger partial charge in [-0.2, -0.15) is 0 Å². The van der Waals surface area contributed by atoms with Crippen LogP contribution in [0, 0.1) is 0 Å². The summed E-state index contributed by atoms with van der Waals surface area (Å²) >= 11 is 16.9. The summed E-state index contributed by atoms with van der Waals surface area (Å²) in [6, 6.07) is 1.58. The number of hydrogen-bond acceptors (Lipinski definition) is 2. The molecule has 0 saturated carbocycles. The van der Waals surface area contributed by atoms with Crippen molar-refractivity contribution in [3.05, 3.63) is 28.5 Å². The Morgan fingerprint density at radius 1 is 1.42 bits per heavy atom. The van der Waals surface area contributed by atoms with Crippen LogP contribution in [-0.2, 0) is 0 Å². The number of halogens is 3. The van der Waals surface area contributed by atoms with Gasteiger partial charge in [-0.25, -0.2) is 0 Å². The predicted molar refractivity (Wildman–Crippen MR) is 51.8 cm³/mol. The number of nitrogens with zero attached hydrogens (tertiary/aromatic N) is 2. The van der Waals surface area contributed by atoms with Crippen molar-refractivity contribution in [2.45, 2.75) is 0 Å². The van der Waals surface area contributed by atoms with Crippen LogP contribution >= 0.6 is 34.8 Å². The Bertz CT molecular complexity index is 312. The molecule has 0 atom stereocenters. The third-order valence-electron chi connectivity index (χ3n) is 1.26. The van der Waals surface area contributed by atoms with Crippen molar-refractivity contribution in [1.29, 1.82) is 0 Å². The fraction of sp³-hybridized carbons (Fsp3) is 0.143. The van der Waals surface area contributed by atoms with Gasteiger partial charge in [0.2, 0.25) is 0 Å². The molecule has 0 bridgehead atoms. The number of hydrogen-bond donors (Lipinski definition) is 0. The van der Waals surface area contributed by atoms with Crippen LogP contribution in [0.2, 0.25) is 10.3 Å². The first-order chi connectivity index (χ1) is 5.65. The number of rotatable bonds is 2. The topological polar surface area (TPSA) is 25.8 Å². The Balaban J connectivity index is 3.13. The van der Waals surface area contributed by atoms with Crippen molar-refractivity contribution < 1.29 is 0 Å². The highest BCUT2D eigenvalue weighted by Crippen LogP contribution is 2.22. The quantitative estimate of drug-likeness (QED) is 0.720. The highest BCUT2D eigenvalue weighted by molar-refractivity contribution is 6.33. The van der Waals surface area contributed by atoms with Gasteiger partial charge in [0.15, 0.2) is 10.3 Å². The van der Waals surface area contributed by atoms with Crippen molar-refractivity contribution in [2.75, 3.05) is 5.88 Å². The van der Waals surface area contributed by atoms with Crippen molar-refractivity contribution in [2.24, 2.45) is 0 Å². The molecule has 0 aliphatic heterocycles. The summed E-state index contributed by atoms with van der Waals surface area (Å²) in [6.45, 7) is 3.70. The molecule has 0 aromatic carbocycles. The normalized spacial score (nSPS) is 9.92. The van der Waals surface area contributed by atoms with Gasteiger partial charge in [0.05, 0.1) is 0 Å². The molecule has 1 heterocycles. The van der Waals surface area contributed by atoms with Crippen molar-refractivity contribution in [3.8, 4) is 0 Å². The summed E-state index contributed by atoms with van der Waals surface area (Å²) in [4.78, 5) is 0. The fourth-order valence-corrected chi connectivity index (χ4v) is 1.19. The Morgan fingerprint density at radius 2 is 2.08 bits per heavy atom.